The van der Waals surface area contributed by atoms with Crippen molar-refractivity contribution in [2.75, 3.05) is 24.6 Å². The van der Waals surface area contributed by atoms with Gasteiger partial charge in [0.1, 0.15) is 0 Å². The number of nitrogens with one attached hydrogen (secondary N) is 1. The number of nitro benzene ring substituents is 1. The van der Waals surface area contributed by atoms with Crippen molar-refractivity contribution in [1.29, 1.82) is 0 Å². The Hall–Kier alpha value is -3.27. The summed E-state index contributed by atoms with van der Waals surface area (Å²) >= 11 is 1.17. The van der Waals surface area contributed by atoms with Crippen LogP contribution >= 0.6 is 11.3 Å². The lowest BCUT2D eigenvalue weighted by molar-refractivity contribution is -0.384. The van der Waals surface area contributed by atoms with Gasteiger partial charge in [0.15, 0.2) is 6.61 Å². The van der Waals surface area contributed by atoms with Gasteiger partial charge in [-0.15, -0.1) is 11.3 Å². The number of nitrogens with zero attached hydrogens (tertiary/aromatic N) is 2. The fraction of sp³-hybridized carbons (Fsp3) is 0.278. The highest BCUT2D eigenvalue weighted by Gasteiger charge is 2.24. The van der Waals surface area contributed by atoms with Gasteiger partial charge in [0, 0.05) is 25.2 Å². The van der Waals surface area contributed by atoms with E-state index in [1.54, 1.807) is 17.5 Å². The Labute approximate surface area is 164 Å². The molecule has 0 spiro atoms. The number of non-ortho nitro benzene ring substituents is 1. The Bertz CT molecular complexity index is 906. The highest BCUT2D eigenvalue weighted by molar-refractivity contribution is 7.12. The number of esters is 1. The monoisotopic (exact) mass is 403 g/mol. The fourth-order valence-corrected chi connectivity index (χ4v) is 3.49. The van der Waals surface area contributed by atoms with E-state index in [-0.39, 0.29) is 11.3 Å². The number of anilines is 1. The average Bonchev–Trinajstić information content (AvgIpc) is 3.39. The number of hydrogen-bond donors (Lipinski definition) is 1. The first-order chi connectivity index (χ1) is 13.5. The van der Waals surface area contributed by atoms with Crippen LogP contribution in [0.1, 0.15) is 32.9 Å². The maximum Gasteiger partial charge on any atom is 0.341 e. The van der Waals surface area contributed by atoms with Crippen LogP contribution in [0.15, 0.2) is 35.7 Å². The van der Waals surface area contributed by atoms with Crippen LogP contribution in [-0.4, -0.2) is 42.4 Å². The smallest absolute Gasteiger partial charge is 0.341 e. The SMILES string of the molecule is O=C(COC(=O)c1cc([N+](=O)[O-])ccc1N1CCCC1)NC(=O)c1cccs1. The van der Waals surface area contributed by atoms with Crippen molar-refractivity contribution in [3.8, 4) is 0 Å². The van der Waals surface area contributed by atoms with Gasteiger partial charge in [-0.3, -0.25) is 25.0 Å². The Morgan fingerprint density at radius 2 is 1.96 bits per heavy atom. The summed E-state index contributed by atoms with van der Waals surface area (Å²) in [7, 11) is 0. The molecule has 2 aromatic rings. The molecule has 9 nitrogen and oxygen atoms in total. The number of imide groups is 1. The van der Waals surface area contributed by atoms with E-state index in [0.29, 0.717) is 10.6 Å². The fourth-order valence-electron chi connectivity index (χ4n) is 2.88. The molecular formula is C18H17N3O6S. The van der Waals surface area contributed by atoms with Gasteiger partial charge in [0.05, 0.1) is 21.1 Å². The minimum absolute atomic E-state index is 0.0217. The van der Waals surface area contributed by atoms with Crippen molar-refractivity contribution in [2.24, 2.45) is 0 Å². The summed E-state index contributed by atoms with van der Waals surface area (Å²) in [6, 6.07) is 7.22. The number of carbonyl (C=O) groups excluding carboxylic acids is 3. The van der Waals surface area contributed by atoms with E-state index in [1.165, 1.54) is 23.5 Å². The molecule has 0 bridgehead atoms. The topological polar surface area (TPSA) is 119 Å². The number of thiophene rings is 1. The number of carbonyl (C=O) groups is 3. The van der Waals surface area contributed by atoms with Crippen molar-refractivity contribution >= 4 is 40.5 Å². The lowest BCUT2D eigenvalue weighted by Gasteiger charge is -2.20. The van der Waals surface area contributed by atoms with Crippen LogP contribution in [0.5, 0.6) is 0 Å². The standard InChI is InChI=1S/C18H17N3O6S/c22-16(19-17(23)15-4-3-9-28-15)11-27-18(24)13-10-12(21(25)26)5-6-14(13)20-7-1-2-8-20/h3-6,9-10H,1-2,7-8,11H2,(H,19,22,23). The van der Waals surface area contributed by atoms with Crippen molar-refractivity contribution < 1.29 is 24.0 Å². The van der Waals surface area contributed by atoms with E-state index in [2.05, 4.69) is 5.32 Å². The molecule has 2 heterocycles. The highest BCUT2D eigenvalue weighted by Crippen LogP contribution is 2.29. The van der Waals surface area contributed by atoms with Crippen LogP contribution in [-0.2, 0) is 9.53 Å². The zero-order valence-corrected chi connectivity index (χ0v) is 15.6. The van der Waals surface area contributed by atoms with Crippen LogP contribution < -0.4 is 10.2 Å². The van der Waals surface area contributed by atoms with Crippen LogP contribution in [0.4, 0.5) is 11.4 Å². The molecule has 0 atom stereocenters. The maximum atomic E-state index is 12.5. The summed E-state index contributed by atoms with van der Waals surface area (Å²) < 4.78 is 4.99. The molecule has 3 rings (SSSR count). The summed E-state index contributed by atoms with van der Waals surface area (Å²) in [5, 5.41) is 14.9. The molecule has 1 aliphatic heterocycles. The molecule has 1 saturated heterocycles. The van der Waals surface area contributed by atoms with Crippen molar-refractivity contribution in [3.63, 3.8) is 0 Å². The van der Waals surface area contributed by atoms with Crippen LogP contribution in [0.2, 0.25) is 0 Å². The number of nitro groups is 1. The largest absolute Gasteiger partial charge is 0.452 e. The summed E-state index contributed by atoms with van der Waals surface area (Å²) in [6.07, 6.45) is 1.91. The lowest BCUT2D eigenvalue weighted by atomic mass is 10.1. The molecule has 0 saturated carbocycles. The first kappa shape index (κ1) is 19.5. The molecule has 1 N–H and O–H groups in total. The van der Waals surface area contributed by atoms with Crippen LogP contribution in [0, 0.1) is 10.1 Å². The molecule has 1 aromatic carbocycles. The molecule has 0 radical (unpaired) electrons. The Balaban J connectivity index is 1.68. The predicted molar refractivity (Wildman–Crippen MR) is 102 cm³/mol. The summed E-state index contributed by atoms with van der Waals surface area (Å²) in [6.45, 7) is 0.792. The van der Waals surface area contributed by atoms with Gasteiger partial charge in [-0.05, 0) is 30.4 Å². The van der Waals surface area contributed by atoms with E-state index in [9.17, 15) is 24.5 Å². The van der Waals surface area contributed by atoms with Crippen LogP contribution in [0.25, 0.3) is 0 Å². The molecule has 10 heteroatoms. The number of benzene rings is 1. The highest BCUT2D eigenvalue weighted by atomic mass is 32.1. The molecule has 1 aromatic heterocycles. The number of hydrogen-bond acceptors (Lipinski definition) is 8. The third-order valence-electron chi connectivity index (χ3n) is 4.19. The second-order valence-corrected chi connectivity index (χ2v) is 7.03. The van der Waals surface area contributed by atoms with Gasteiger partial charge < -0.3 is 9.64 Å². The number of rotatable bonds is 6. The zero-order valence-electron chi connectivity index (χ0n) is 14.8. The first-order valence-corrected chi connectivity index (χ1v) is 9.42. The van der Waals surface area contributed by atoms with Gasteiger partial charge in [0.25, 0.3) is 17.5 Å². The normalized spacial score (nSPS) is 13.2. The predicted octanol–water partition coefficient (Wildman–Crippen LogP) is 2.37. The first-order valence-electron chi connectivity index (χ1n) is 8.54. The molecule has 1 fully saturated rings. The molecule has 2 amide bonds. The van der Waals surface area contributed by atoms with Gasteiger partial charge in [-0.2, -0.15) is 0 Å². The van der Waals surface area contributed by atoms with Crippen molar-refractivity contribution in [3.05, 3.63) is 56.3 Å². The van der Waals surface area contributed by atoms with Crippen molar-refractivity contribution in [2.45, 2.75) is 12.8 Å². The van der Waals surface area contributed by atoms with Crippen molar-refractivity contribution in [1.82, 2.24) is 5.32 Å². The van der Waals surface area contributed by atoms with Gasteiger partial charge in [-0.25, -0.2) is 4.79 Å². The summed E-state index contributed by atoms with van der Waals surface area (Å²) in [5.74, 6) is -2.21. The maximum absolute atomic E-state index is 12.5. The van der Waals surface area contributed by atoms with E-state index < -0.39 is 29.3 Å². The lowest BCUT2D eigenvalue weighted by Crippen LogP contribution is -2.34. The van der Waals surface area contributed by atoms with E-state index in [0.717, 1.165) is 32.0 Å². The second kappa shape index (κ2) is 8.61. The molecule has 0 unspecified atom stereocenters. The van der Waals surface area contributed by atoms with Gasteiger partial charge in [0.2, 0.25) is 0 Å². The van der Waals surface area contributed by atoms with E-state index in [1.807, 2.05) is 4.90 Å². The molecule has 0 aliphatic carbocycles. The molecular weight excluding hydrogens is 386 g/mol. The summed E-state index contributed by atoms with van der Waals surface area (Å²) in [5.41, 5.74) is 0.309. The van der Waals surface area contributed by atoms with Gasteiger partial charge >= 0.3 is 5.97 Å². The minimum Gasteiger partial charge on any atom is -0.452 e. The quantitative estimate of drug-likeness (QED) is 0.447. The Morgan fingerprint density at radius 1 is 1.21 bits per heavy atom. The van der Waals surface area contributed by atoms with E-state index in [4.69, 9.17) is 4.74 Å². The van der Waals surface area contributed by atoms with Crippen LogP contribution in [0.3, 0.4) is 0 Å². The molecule has 1 aliphatic rings. The van der Waals surface area contributed by atoms with Gasteiger partial charge in [-0.1, -0.05) is 6.07 Å². The van der Waals surface area contributed by atoms with E-state index >= 15 is 0 Å². The number of amides is 2. The number of ether oxygens (including phenoxy) is 1. The molecule has 28 heavy (non-hydrogen) atoms. The third kappa shape index (κ3) is 4.52. The zero-order chi connectivity index (χ0) is 20.1. The second-order valence-electron chi connectivity index (χ2n) is 6.08. The minimum atomic E-state index is -0.857. The summed E-state index contributed by atoms with van der Waals surface area (Å²) in [4.78, 5) is 48.9. The Kier molecular flexibility index (Phi) is 5.99. The molecule has 146 valence electrons. The Morgan fingerprint density at radius 3 is 2.61 bits per heavy atom. The average molecular weight is 403 g/mol. The third-order valence-corrected chi connectivity index (χ3v) is 5.06.